The van der Waals surface area contributed by atoms with Gasteiger partial charge in [-0.2, -0.15) is 8.42 Å². The molecule has 1 atom stereocenters. The third-order valence-corrected chi connectivity index (χ3v) is 4.67. The molecular formula is C16H17ClO4S. The van der Waals surface area contributed by atoms with Crippen LogP contribution in [0.15, 0.2) is 53.4 Å². The van der Waals surface area contributed by atoms with Gasteiger partial charge in [-0.1, -0.05) is 29.8 Å². The fraction of sp³-hybridized carbons (Fsp3) is 0.250. The van der Waals surface area contributed by atoms with E-state index in [0.717, 1.165) is 0 Å². The third kappa shape index (κ3) is 4.47. The van der Waals surface area contributed by atoms with Crippen molar-refractivity contribution in [2.24, 2.45) is 0 Å². The molecule has 0 amide bonds. The van der Waals surface area contributed by atoms with Gasteiger partial charge >= 0.3 is 0 Å². The molecule has 2 rings (SSSR count). The van der Waals surface area contributed by atoms with Crippen molar-refractivity contribution in [3.05, 3.63) is 59.1 Å². The average Bonchev–Trinajstić information content (AvgIpc) is 2.48. The van der Waals surface area contributed by atoms with Gasteiger partial charge in [0.2, 0.25) is 0 Å². The Hall–Kier alpha value is -1.56. The largest absolute Gasteiger partial charge is 0.488 e. The van der Waals surface area contributed by atoms with Crippen molar-refractivity contribution in [2.45, 2.75) is 24.8 Å². The van der Waals surface area contributed by atoms with Crippen molar-refractivity contribution in [3.8, 4) is 5.75 Å². The van der Waals surface area contributed by atoms with E-state index in [1.54, 1.807) is 56.3 Å². The summed E-state index contributed by atoms with van der Waals surface area (Å²) in [4.78, 5) is 0.175. The maximum absolute atomic E-state index is 12.2. The highest BCUT2D eigenvalue weighted by atomic mass is 35.5. The van der Waals surface area contributed by atoms with Crippen molar-refractivity contribution < 1.29 is 17.3 Å². The third-order valence-electron chi connectivity index (χ3n) is 2.97. The van der Waals surface area contributed by atoms with E-state index in [1.807, 2.05) is 0 Å². The van der Waals surface area contributed by atoms with Gasteiger partial charge in [0.1, 0.15) is 18.5 Å². The highest BCUT2D eigenvalue weighted by Gasteiger charge is 2.19. The average molecular weight is 341 g/mol. The number of aryl methyl sites for hydroxylation is 1. The number of hydrogen-bond acceptors (Lipinski definition) is 4. The summed E-state index contributed by atoms with van der Waals surface area (Å²) in [6.45, 7) is 3.39. The van der Waals surface area contributed by atoms with E-state index in [-0.39, 0.29) is 11.5 Å². The molecule has 6 heteroatoms. The lowest BCUT2D eigenvalue weighted by Gasteiger charge is -2.15. The molecule has 0 saturated heterocycles. The van der Waals surface area contributed by atoms with E-state index >= 15 is 0 Å². The quantitative estimate of drug-likeness (QED) is 0.750. The van der Waals surface area contributed by atoms with Crippen LogP contribution in [-0.2, 0) is 14.3 Å². The Kier molecular flexibility index (Phi) is 5.45. The Morgan fingerprint density at radius 2 is 1.73 bits per heavy atom. The zero-order chi connectivity index (χ0) is 16.2. The Labute approximate surface area is 135 Å². The van der Waals surface area contributed by atoms with E-state index in [1.165, 1.54) is 6.07 Å². The number of benzene rings is 2. The van der Waals surface area contributed by atoms with Gasteiger partial charge in [0.15, 0.2) is 0 Å². The molecular weight excluding hydrogens is 324 g/mol. The molecule has 118 valence electrons. The smallest absolute Gasteiger partial charge is 0.297 e. The van der Waals surface area contributed by atoms with Gasteiger partial charge in [0, 0.05) is 5.02 Å². The van der Waals surface area contributed by atoms with Crippen molar-refractivity contribution in [1.29, 1.82) is 0 Å². The summed E-state index contributed by atoms with van der Waals surface area (Å²) < 4.78 is 35.0. The SMILES string of the molecule is Cc1ccccc1S(=O)(=O)OCC(C)Oc1ccc(Cl)cc1. The second kappa shape index (κ2) is 7.13. The molecule has 0 aromatic heterocycles. The van der Waals surface area contributed by atoms with Gasteiger partial charge in [-0.05, 0) is 49.7 Å². The van der Waals surface area contributed by atoms with Gasteiger partial charge in [0.05, 0.1) is 4.90 Å². The first kappa shape index (κ1) is 16.8. The minimum Gasteiger partial charge on any atom is -0.488 e. The molecule has 2 aromatic rings. The van der Waals surface area contributed by atoms with Crippen LogP contribution in [0, 0.1) is 6.92 Å². The van der Waals surface area contributed by atoms with Crippen LogP contribution in [0.2, 0.25) is 5.02 Å². The monoisotopic (exact) mass is 340 g/mol. The van der Waals surface area contributed by atoms with Crippen LogP contribution >= 0.6 is 11.6 Å². The van der Waals surface area contributed by atoms with E-state index in [2.05, 4.69) is 0 Å². The minimum absolute atomic E-state index is 0.0701. The molecule has 4 nitrogen and oxygen atoms in total. The van der Waals surface area contributed by atoms with Crippen molar-refractivity contribution in [2.75, 3.05) is 6.61 Å². The molecule has 2 aromatic carbocycles. The van der Waals surface area contributed by atoms with Crippen LogP contribution in [0.3, 0.4) is 0 Å². The summed E-state index contributed by atoms with van der Waals surface area (Å²) in [5.41, 5.74) is 0.647. The van der Waals surface area contributed by atoms with Crippen LogP contribution in [0.1, 0.15) is 12.5 Å². The molecule has 0 bridgehead atoms. The molecule has 1 unspecified atom stereocenters. The summed E-state index contributed by atoms with van der Waals surface area (Å²) in [5, 5.41) is 0.610. The van der Waals surface area contributed by atoms with Gasteiger partial charge in [-0.25, -0.2) is 0 Å². The van der Waals surface area contributed by atoms with Gasteiger partial charge in [0.25, 0.3) is 10.1 Å². The first-order chi connectivity index (χ1) is 10.4. The predicted octanol–water partition coefficient (Wildman–Crippen LogP) is 3.82. The molecule has 0 aliphatic heterocycles. The van der Waals surface area contributed by atoms with Crippen molar-refractivity contribution in [3.63, 3.8) is 0 Å². The Morgan fingerprint density at radius 1 is 1.09 bits per heavy atom. The Bertz CT molecular complexity index is 726. The first-order valence-corrected chi connectivity index (χ1v) is 8.54. The minimum atomic E-state index is -3.79. The number of ether oxygens (including phenoxy) is 1. The fourth-order valence-electron chi connectivity index (χ4n) is 1.87. The molecule has 0 spiro atoms. The van der Waals surface area contributed by atoms with E-state index < -0.39 is 16.2 Å². The van der Waals surface area contributed by atoms with E-state index in [0.29, 0.717) is 16.3 Å². The van der Waals surface area contributed by atoms with Gasteiger partial charge in [-0.3, -0.25) is 4.18 Å². The Balaban J connectivity index is 1.97. The lowest BCUT2D eigenvalue weighted by molar-refractivity contribution is 0.146. The highest BCUT2D eigenvalue weighted by Crippen LogP contribution is 2.19. The summed E-state index contributed by atoms with van der Waals surface area (Å²) in [5.74, 6) is 0.605. The summed E-state index contributed by atoms with van der Waals surface area (Å²) >= 11 is 5.79. The maximum atomic E-state index is 12.2. The van der Waals surface area contributed by atoms with Crippen LogP contribution in [0.25, 0.3) is 0 Å². The summed E-state index contributed by atoms with van der Waals surface area (Å²) in [6.07, 6.45) is -0.417. The molecule has 0 saturated carbocycles. The molecule has 0 heterocycles. The van der Waals surface area contributed by atoms with Crippen LogP contribution in [0.5, 0.6) is 5.75 Å². The van der Waals surface area contributed by atoms with Crippen molar-refractivity contribution >= 4 is 21.7 Å². The molecule has 0 fully saturated rings. The van der Waals surface area contributed by atoms with E-state index in [9.17, 15) is 8.42 Å². The standard InChI is InChI=1S/C16H17ClO4S/c1-12-5-3-4-6-16(12)22(18,19)20-11-13(2)21-15-9-7-14(17)8-10-15/h3-10,13H,11H2,1-2H3. The van der Waals surface area contributed by atoms with Crippen LogP contribution in [-0.4, -0.2) is 21.1 Å². The normalized spacial score (nSPS) is 12.9. The second-order valence-electron chi connectivity index (χ2n) is 4.89. The number of rotatable bonds is 6. The van der Waals surface area contributed by atoms with Gasteiger partial charge in [-0.15, -0.1) is 0 Å². The lowest BCUT2D eigenvalue weighted by Crippen LogP contribution is -2.22. The molecule has 22 heavy (non-hydrogen) atoms. The molecule has 0 radical (unpaired) electrons. The number of hydrogen-bond donors (Lipinski definition) is 0. The second-order valence-corrected chi connectivity index (χ2v) is 6.91. The Morgan fingerprint density at radius 3 is 2.36 bits per heavy atom. The predicted molar refractivity (Wildman–Crippen MR) is 85.9 cm³/mol. The van der Waals surface area contributed by atoms with Crippen LogP contribution in [0.4, 0.5) is 0 Å². The maximum Gasteiger partial charge on any atom is 0.297 e. The number of halogens is 1. The molecule has 0 aliphatic carbocycles. The topological polar surface area (TPSA) is 52.6 Å². The first-order valence-electron chi connectivity index (χ1n) is 6.76. The van der Waals surface area contributed by atoms with Crippen molar-refractivity contribution in [1.82, 2.24) is 0 Å². The van der Waals surface area contributed by atoms with Crippen LogP contribution < -0.4 is 4.74 Å². The molecule has 0 aliphatic rings. The highest BCUT2D eigenvalue weighted by molar-refractivity contribution is 7.86. The lowest BCUT2D eigenvalue weighted by atomic mass is 10.2. The zero-order valence-electron chi connectivity index (χ0n) is 12.3. The summed E-state index contributed by atoms with van der Waals surface area (Å²) in [7, 11) is -3.79. The summed E-state index contributed by atoms with van der Waals surface area (Å²) in [6, 6.07) is 13.5. The fourth-order valence-corrected chi connectivity index (χ4v) is 3.20. The van der Waals surface area contributed by atoms with Gasteiger partial charge < -0.3 is 4.74 Å². The van der Waals surface area contributed by atoms with E-state index in [4.69, 9.17) is 20.5 Å². The zero-order valence-corrected chi connectivity index (χ0v) is 13.9. The molecule has 0 N–H and O–H groups in total.